The lowest BCUT2D eigenvalue weighted by molar-refractivity contribution is -0.123. The zero-order chi connectivity index (χ0) is 21.2. The quantitative estimate of drug-likeness (QED) is 0.541. The smallest absolute Gasteiger partial charge is 0.290 e. The van der Waals surface area contributed by atoms with Gasteiger partial charge in [0.1, 0.15) is 6.61 Å². The lowest BCUT2D eigenvalue weighted by atomic mass is 10.1. The number of nitrogens with zero attached hydrogens (tertiary/aromatic N) is 1. The average molecular weight is 432 g/mol. The van der Waals surface area contributed by atoms with E-state index in [1.54, 1.807) is 16.2 Å². The maximum atomic E-state index is 12.7. The van der Waals surface area contributed by atoms with Gasteiger partial charge in [-0.25, -0.2) is 0 Å². The van der Waals surface area contributed by atoms with Gasteiger partial charge in [-0.3, -0.25) is 9.59 Å². The van der Waals surface area contributed by atoms with E-state index in [9.17, 15) is 4.79 Å². The lowest BCUT2D eigenvalue weighted by Gasteiger charge is -2.22. The summed E-state index contributed by atoms with van der Waals surface area (Å²) >= 11 is 7.79. The van der Waals surface area contributed by atoms with E-state index < -0.39 is 0 Å². The molecule has 0 fully saturated rings. The van der Waals surface area contributed by atoms with Crippen LogP contribution in [0.1, 0.15) is 10.4 Å². The van der Waals surface area contributed by atoms with Crippen molar-refractivity contribution in [3.05, 3.63) is 76.1 Å². The van der Waals surface area contributed by atoms with Gasteiger partial charge >= 0.3 is 0 Å². The van der Waals surface area contributed by atoms with Gasteiger partial charge in [-0.05, 0) is 36.2 Å². The molecule has 3 rings (SSSR count). The van der Waals surface area contributed by atoms with Crippen molar-refractivity contribution in [1.29, 1.82) is 0 Å². The summed E-state index contributed by atoms with van der Waals surface area (Å²) < 4.78 is 5.08. The zero-order valence-electron chi connectivity index (χ0n) is 16.2. The summed E-state index contributed by atoms with van der Waals surface area (Å²) in [6.07, 6.45) is 0. The number of thiophene rings is 1. The molecule has 0 aliphatic carbocycles. The molecule has 0 aliphatic rings. The van der Waals surface area contributed by atoms with Gasteiger partial charge in [-0.15, -0.1) is 11.3 Å². The molecule has 1 N–H and O–H groups in total. The Hall–Kier alpha value is -2.67. The molecule has 1 amide bonds. The molecule has 7 heteroatoms. The van der Waals surface area contributed by atoms with Crippen LogP contribution < -0.4 is 4.90 Å². The minimum atomic E-state index is -0.250. The number of carbonyl (C=O) groups excluding carboxylic acids is 1. The molecular formula is C22H22ClNO4S. The maximum Gasteiger partial charge on any atom is 0.290 e. The molecule has 0 atom stereocenters. The van der Waals surface area contributed by atoms with Gasteiger partial charge in [0, 0.05) is 21.9 Å². The van der Waals surface area contributed by atoms with Gasteiger partial charge < -0.3 is 14.7 Å². The second-order valence-electron chi connectivity index (χ2n) is 6.07. The van der Waals surface area contributed by atoms with Crippen LogP contribution >= 0.6 is 22.9 Å². The summed E-state index contributed by atoms with van der Waals surface area (Å²) in [5.41, 5.74) is 3.04. The van der Waals surface area contributed by atoms with E-state index in [2.05, 4.69) is 18.2 Å². The topological polar surface area (TPSA) is 66.8 Å². The number of halogens is 1. The van der Waals surface area contributed by atoms with Crippen molar-refractivity contribution in [3.63, 3.8) is 0 Å². The monoisotopic (exact) mass is 431 g/mol. The molecule has 0 saturated carbocycles. The van der Waals surface area contributed by atoms with Crippen molar-refractivity contribution in [1.82, 2.24) is 0 Å². The molecule has 0 aliphatic heterocycles. The van der Waals surface area contributed by atoms with Crippen molar-refractivity contribution < 1.29 is 19.4 Å². The fourth-order valence-electron chi connectivity index (χ4n) is 2.81. The second kappa shape index (κ2) is 11.4. The fraction of sp³-hybridized carbons (Fsp3) is 0.182. The second-order valence-corrected chi connectivity index (χ2v) is 7.76. The fourth-order valence-corrected chi connectivity index (χ4v) is 4.05. The van der Waals surface area contributed by atoms with Crippen LogP contribution in [0.2, 0.25) is 5.02 Å². The van der Waals surface area contributed by atoms with Crippen molar-refractivity contribution >= 4 is 41.0 Å². The van der Waals surface area contributed by atoms with Gasteiger partial charge in [0.15, 0.2) is 0 Å². The molecule has 3 aromatic rings. The Bertz CT molecular complexity index is 943. The first-order valence-corrected chi connectivity index (χ1v) is 9.97. The average Bonchev–Trinajstić information content (AvgIpc) is 3.09. The van der Waals surface area contributed by atoms with Gasteiger partial charge in [0.05, 0.1) is 12.2 Å². The van der Waals surface area contributed by atoms with Gasteiger partial charge in [-0.1, -0.05) is 54.1 Å². The molecule has 2 aromatic carbocycles. The number of amides is 1. The number of carboxylic acid groups (broad SMARTS) is 1. The van der Waals surface area contributed by atoms with Crippen molar-refractivity contribution in [2.45, 2.75) is 13.5 Å². The number of benzene rings is 2. The number of hydrogen-bond donors (Lipinski definition) is 1. The van der Waals surface area contributed by atoms with E-state index in [1.807, 2.05) is 49.4 Å². The van der Waals surface area contributed by atoms with E-state index in [1.165, 1.54) is 7.11 Å². The van der Waals surface area contributed by atoms with E-state index >= 15 is 0 Å². The summed E-state index contributed by atoms with van der Waals surface area (Å²) in [4.78, 5) is 25.1. The van der Waals surface area contributed by atoms with E-state index in [4.69, 9.17) is 26.2 Å². The number of carbonyl (C=O) groups is 2. The Kier molecular flexibility index (Phi) is 8.86. The first kappa shape index (κ1) is 22.6. The number of anilines is 1. The largest absolute Gasteiger partial charge is 0.483 e. The summed E-state index contributed by atoms with van der Waals surface area (Å²) in [7, 11) is 1.53. The molecule has 0 saturated heterocycles. The normalized spacial score (nSPS) is 10.0. The summed E-state index contributed by atoms with van der Waals surface area (Å²) in [5.74, 6) is -0.0759. The Labute approximate surface area is 179 Å². The zero-order valence-corrected chi connectivity index (χ0v) is 17.7. The van der Waals surface area contributed by atoms with Crippen molar-refractivity contribution in [2.24, 2.45) is 0 Å². The SMILES string of the molecule is COCC(=O)N(Cc1cccc(Cl)c1)c1cc(-c2ccccc2)sc1C.O=CO. The first-order valence-electron chi connectivity index (χ1n) is 8.77. The highest BCUT2D eigenvalue weighted by atomic mass is 35.5. The molecular weight excluding hydrogens is 410 g/mol. The molecule has 0 bridgehead atoms. The predicted octanol–water partition coefficient (Wildman–Crippen LogP) is 5.26. The number of methoxy groups -OCH3 is 1. The molecule has 1 aromatic heterocycles. The van der Waals surface area contributed by atoms with Crippen LogP contribution in [-0.2, 0) is 20.9 Å². The van der Waals surface area contributed by atoms with Crippen LogP contribution in [0.5, 0.6) is 0 Å². The molecule has 152 valence electrons. The molecule has 0 spiro atoms. The predicted molar refractivity (Wildman–Crippen MR) is 118 cm³/mol. The van der Waals surface area contributed by atoms with Crippen LogP contribution in [0.15, 0.2) is 60.7 Å². The maximum absolute atomic E-state index is 12.7. The summed E-state index contributed by atoms with van der Waals surface area (Å²) in [6.45, 7) is 2.28. The van der Waals surface area contributed by atoms with Gasteiger partial charge in [-0.2, -0.15) is 0 Å². The van der Waals surface area contributed by atoms with Crippen LogP contribution in [0.3, 0.4) is 0 Å². The molecule has 1 heterocycles. The Morgan fingerprint density at radius 3 is 2.48 bits per heavy atom. The molecule has 29 heavy (non-hydrogen) atoms. The van der Waals surface area contributed by atoms with Crippen LogP contribution in [-0.4, -0.2) is 31.2 Å². The Morgan fingerprint density at radius 1 is 1.17 bits per heavy atom. The van der Waals surface area contributed by atoms with Crippen LogP contribution in [0.4, 0.5) is 5.69 Å². The van der Waals surface area contributed by atoms with Crippen molar-refractivity contribution in [3.8, 4) is 10.4 Å². The molecule has 5 nitrogen and oxygen atoms in total. The molecule has 0 radical (unpaired) electrons. The van der Waals surface area contributed by atoms with E-state index in [-0.39, 0.29) is 19.0 Å². The summed E-state index contributed by atoms with van der Waals surface area (Å²) in [6, 6.07) is 19.8. The number of hydrogen-bond acceptors (Lipinski definition) is 4. The number of rotatable bonds is 6. The third kappa shape index (κ3) is 6.42. The summed E-state index contributed by atoms with van der Waals surface area (Å²) in [5, 5.41) is 7.55. The first-order chi connectivity index (χ1) is 14.0. The lowest BCUT2D eigenvalue weighted by Crippen LogP contribution is -2.33. The third-order valence-electron chi connectivity index (χ3n) is 4.04. The number of ether oxygens (including phenoxy) is 1. The van der Waals surface area contributed by atoms with E-state index in [0.717, 1.165) is 26.6 Å². The standard InChI is InChI=1S/C21H20ClNO2S.CH2O2/c1-15-19(12-20(26-15)17-8-4-3-5-9-17)23(21(24)14-25-2)13-16-7-6-10-18(22)11-16;2-1-3/h3-12H,13-14H2,1-2H3;1H,(H,2,3). The van der Waals surface area contributed by atoms with Crippen LogP contribution in [0.25, 0.3) is 10.4 Å². The van der Waals surface area contributed by atoms with Gasteiger partial charge in [0.25, 0.3) is 12.4 Å². The highest BCUT2D eigenvalue weighted by Gasteiger charge is 2.20. The molecule has 0 unspecified atom stereocenters. The van der Waals surface area contributed by atoms with Crippen LogP contribution in [0, 0.1) is 6.92 Å². The Balaban J connectivity index is 0.000000941. The highest BCUT2D eigenvalue weighted by Crippen LogP contribution is 2.37. The van der Waals surface area contributed by atoms with E-state index in [0.29, 0.717) is 11.6 Å². The Morgan fingerprint density at radius 2 is 1.86 bits per heavy atom. The minimum absolute atomic E-state index is 0.0382. The minimum Gasteiger partial charge on any atom is -0.483 e. The third-order valence-corrected chi connectivity index (χ3v) is 5.36. The van der Waals surface area contributed by atoms with Gasteiger partial charge in [0.2, 0.25) is 0 Å². The van der Waals surface area contributed by atoms with Crippen molar-refractivity contribution in [2.75, 3.05) is 18.6 Å². The number of aryl methyl sites for hydroxylation is 1. The highest BCUT2D eigenvalue weighted by molar-refractivity contribution is 7.16.